The Kier molecular flexibility index (Phi) is 5.02. The Balaban J connectivity index is 1.81. The van der Waals surface area contributed by atoms with Gasteiger partial charge in [-0.2, -0.15) is 0 Å². The highest BCUT2D eigenvalue weighted by Crippen LogP contribution is 2.16. The SMILES string of the molecule is CC(=O)Nc1ccc(SCC(=O)Nc2nccs2)nn1. The summed E-state index contributed by atoms with van der Waals surface area (Å²) < 4.78 is 0. The first-order chi connectivity index (χ1) is 9.63. The fourth-order valence-electron chi connectivity index (χ4n) is 1.22. The van der Waals surface area contributed by atoms with Crippen LogP contribution in [0.25, 0.3) is 0 Å². The maximum Gasteiger partial charge on any atom is 0.236 e. The molecule has 2 aromatic heterocycles. The van der Waals surface area contributed by atoms with E-state index in [9.17, 15) is 9.59 Å². The van der Waals surface area contributed by atoms with Gasteiger partial charge in [-0.25, -0.2) is 4.98 Å². The molecule has 0 saturated heterocycles. The van der Waals surface area contributed by atoms with Crippen LogP contribution >= 0.6 is 23.1 Å². The van der Waals surface area contributed by atoms with Gasteiger partial charge in [-0.1, -0.05) is 11.8 Å². The van der Waals surface area contributed by atoms with Crippen LogP contribution in [-0.2, 0) is 9.59 Å². The summed E-state index contributed by atoms with van der Waals surface area (Å²) in [5.41, 5.74) is 0. The van der Waals surface area contributed by atoms with Gasteiger partial charge >= 0.3 is 0 Å². The zero-order valence-corrected chi connectivity index (χ0v) is 12.1. The van der Waals surface area contributed by atoms with Crippen molar-refractivity contribution in [2.45, 2.75) is 11.9 Å². The zero-order valence-electron chi connectivity index (χ0n) is 10.5. The minimum Gasteiger partial charge on any atom is -0.309 e. The molecule has 2 rings (SSSR count). The Labute approximate surface area is 123 Å². The molecule has 2 amide bonds. The quantitative estimate of drug-likeness (QED) is 0.815. The summed E-state index contributed by atoms with van der Waals surface area (Å²) in [5, 5.41) is 15.9. The van der Waals surface area contributed by atoms with E-state index in [1.165, 1.54) is 30.0 Å². The molecular formula is C11H11N5O2S2. The average Bonchev–Trinajstić information content (AvgIpc) is 2.90. The van der Waals surface area contributed by atoms with Crippen LogP contribution in [0.1, 0.15) is 6.92 Å². The summed E-state index contributed by atoms with van der Waals surface area (Å²) in [7, 11) is 0. The second-order valence-electron chi connectivity index (χ2n) is 3.61. The smallest absolute Gasteiger partial charge is 0.236 e. The first kappa shape index (κ1) is 14.4. The van der Waals surface area contributed by atoms with Gasteiger partial charge < -0.3 is 10.6 Å². The Morgan fingerprint density at radius 3 is 2.75 bits per heavy atom. The van der Waals surface area contributed by atoms with Crippen molar-refractivity contribution in [1.29, 1.82) is 0 Å². The van der Waals surface area contributed by atoms with E-state index in [1.807, 2.05) is 0 Å². The fourth-order valence-corrected chi connectivity index (χ4v) is 2.38. The molecule has 0 atom stereocenters. The number of carbonyl (C=O) groups is 2. The van der Waals surface area contributed by atoms with E-state index in [4.69, 9.17) is 0 Å². The maximum atomic E-state index is 11.6. The van der Waals surface area contributed by atoms with Crippen LogP contribution in [0, 0.1) is 0 Å². The van der Waals surface area contributed by atoms with Gasteiger partial charge in [-0.15, -0.1) is 21.5 Å². The summed E-state index contributed by atoms with van der Waals surface area (Å²) in [6.07, 6.45) is 1.62. The normalized spacial score (nSPS) is 10.1. The summed E-state index contributed by atoms with van der Waals surface area (Å²) in [6.45, 7) is 1.40. The zero-order chi connectivity index (χ0) is 14.4. The molecule has 0 spiro atoms. The third kappa shape index (κ3) is 4.59. The summed E-state index contributed by atoms with van der Waals surface area (Å²) >= 11 is 2.62. The van der Waals surface area contributed by atoms with Crippen molar-refractivity contribution < 1.29 is 9.59 Å². The first-order valence-corrected chi connectivity index (χ1v) is 7.43. The van der Waals surface area contributed by atoms with E-state index < -0.39 is 0 Å². The maximum absolute atomic E-state index is 11.6. The highest BCUT2D eigenvalue weighted by Gasteiger charge is 2.06. The summed E-state index contributed by atoms with van der Waals surface area (Å²) in [5.74, 6) is 0.239. The summed E-state index contributed by atoms with van der Waals surface area (Å²) in [6, 6.07) is 3.33. The van der Waals surface area contributed by atoms with Gasteiger partial charge in [0, 0.05) is 18.5 Å². The molecule has 0 aromatic carbocycles. The molecule has 0 saturated carbocycles. The molecule has 7 nitrogen and oxygen atoms in total. The molecular weight excluding hydrogens is 298 g/mol. The van der Waals surface area contributed by atoms with Crippen molar-refractivity contribution in [3.63, 3.8) is 0 Å². The van der Waals surface area contributed by atoms with Crippen LogP contribution in [0.15, 0.2) is 28.7 Å². The third-order valence-corrected chi connectivity index (χ3v) is 3.58. The van der Waals surface area contributed by atoms with Crippen LogP contribution in [0.4, 0.5) is 10.9 Å². The lowest BCUT2D eigenvalue weighted by Gasteiger charge is -2.02. The highest BCUT2D eigenvalue weighted by molar-refractivity contribution is 7.99. The van der Waals surface area contributed by atoms with E-state index in [0.29, 0.717) is 16.0 Å². The van der Waals surface area contributed by atoms with Gasteiger partial charge in [0.1, 0.15) is 5.03 Å². The van der Waals surface area contributed by atoms with Gasteiger partial charge in [-0.3, -0.25) is 9.59 Å². The molecule has 9 heteroatoms. The van der Waals surface area contributed by atoms with Crippen molar-refractivity contribution >= 4 is 45.9 Å². The molecule has 2 N–H and O–H groups in total. The second-order valence-corrected chi connectivity index (χ2v) is 5.50. The molecule has 0 radical (unpaired) electrons. The van der Waals surface area contributed by atoms with Gasteiger partial charge in [-0.05, 0) is 12.1 Å². The predicted octanol–water partition coefficient (Wildman–Crippen LogP) is 1.62. The molecule has 20 heavy (non-hydrogen) atoms. The van der Waals surface area contributed by atoms with Crippen LogP contribution < -0.4 is 10.6 Å². The lowest BCUT2D eigenvalue weighted by molar-refractivity contribution is -0.114. The number of aromatic nitrogens is 3. The molecule has 0 bridgehead atoms. The number of carbonyl (C=O) groups excluding carboxylic acids is 2. The number of hydrogen-bond acceptors (Lipinski definition) is 7. The van der Waals surface area contributed by atoms with E-state index in [1.54, 1.807) is 23.7 Å². The molecule has 0 unspecified atom stereocenters. The third-order valence-electron chi connectivity index (χ3n) is 1.97. The van der Waals surface area contributed by atoms with Crippen molar-refractivity contribution in [1.82, 2.24) is 15.2 Å². The lowest BCUT2D eigenvalue weighted by atomic mass is 10.5. The van der Waals surface area contributed by atoms with Crippen LogP contribution in [-0.4, -0.2) is 32.7 Å². The molecule has 104 valence electrons. The average molecular weight is 309 g/mol. The fraction of sp³-hybridized carbons (Fsp3) is 0.182. The van der Waals surface area contributed by atoms with Gasteiger partial charge in [0.25, 0.3) is 0 Å². The second kappa shape index (κ2) is 6.96. The van der Waals surface area contributed by atoms with Crippen LogP contribution in [0.2, 0.25) is 0 Å². The Bertz CT molecular complexity index is 585. The molecule has 0 aliphatic heterocycles. The van der Waals surface area contributed by atoms with Gasteiger partial charge in [0.05, 0.1) is 5.75 Å². The number of hydrogen-bond donors (Lipinski definition) is 2. The number of nitrogens with one attached hydrogen (secondary N) is 2. The number of rotatable bonds is 5. The molecule has 0 fully saturated rings. The highest BCUT2D eigenvalue weighted by atomic mass is 32.2. The Hall–Kier alpha value is -2.00. The predicted molar refractivity (Wildman–Crippen MR) is 77.8 cm³/mol. The first-order valence-electron chi connectivity index (χ1n) is 5.57. The number of thiazole rings is 1. The summed E-state index contributed by atoms with van der Waals surface area (Å²) in [4.78, 5) is 26.4. The van der Waals surface area contributed by atoms with Crippen molar-refractivity contribution in [2.24, 2.45) is 0 Å². The van der Waals surface area contributed by atoms with Gasteiger partial charge in [0.15, 0.2) is 10.9 Å². The number of amides is 2. The number of thioether (sulfide) groups is 1. The number of nitrogens with zero attached hydrogens (tertiary/aromatic N) is 3. The lowest BCUT2D eigenvalue weighted by Crippen LogP contribution is -2.14. The van der Waals surface area contributed by atoms with Crippen LogP contribution in [0.5, 0.6) is 0 Å². The van der Waals surface area contributed by atoms with Crippen molar-refractivity contribution in [2.75, 3.05) is 16.4 Å². The standard InChI is InChI=1S/C11H11N5O2S2/c1-7(17)13-8-2-3-10(16-15-8)20-6-9(18)14-11-12-4-5-19-11/h2-5H,6H2,1H3,(H,12,14,18)(H,13,15,17). The molecule has 0 aliphatic rings. The monoisotopic (exact) mass is 309 g/mol. The topological polar surface area (TPSA) is 96.9 Å². The molecule has 2 heterocycles. The van der Waals surface area contributed by atoms with E-state index >= 15 is 0 Å². The minimum absolute atomic E-state index is 0.155. The Morgan fingerprint density at radius 2 is 2.15 bits per heavy atom. The molecule has 2 aromatic rings. The van der Waals surface area contributed by atoms with Crippen molar-refractivity contribution in [3.05, 3.63) is 23.7 Å². The molecule has 0 aliphatic carbocycles. The van der Waals surface area contributed by atoms with Crippen molar-refractivity contribution in [3.8, 4) is 0 Å². The van der Waals surface area contributed by atoms with E-state index in [-0.39, 0.29) is 17.6 Å². The number of anilines is 2. The van der Waals surface area contributed by atoms with Crippen LogP contribution in [0.3, 0.4) is 0 Å². The minimum atomic E-state index is -0.206. The largest absolute Gasteiger partial charge is 0.309 e. The van der Waals surface area contributed by atoms with E-state index in [2.05, 4.69) is 25.8 Å². The van der Waals surface area contributed by atoms with Gasteiger partial charge in [0.2, 0.25) is 11.8 Å². The van der Waals surface area contributed by atoms with E-state index in [0.717, 1.165) is 0 Å². The Morgan fingerprint density at radius 1 is 1.30 bits per heavy atom.